The van der Waals surface area contributed by atoms with Crippen LogP contribution in [-0.4, -0.2) is 55.1 Å². The normalized spacial score (nSPS) is 19.8. The van der Waals surface area contributed by atoms with Crippen LogP contribution in [0.25, 0.3) is 10.9 Å². The Labute approximate surface area is 124 Å². The SMILES string of the molecule is CNC(=O)C1CN(CCc2c[nH]c3ccccc23)CCN1. The Morgan fingerprint density at radius 2 is 2.29 bits per heavy atom. The van der Waals surface area contributed by atoms with Gasteiger partial charge in [0, 0.05) is 50.3 Å². The second-order valence-electron chi connectivity index (χ2n) is 5.53. The maximum Gasteiger partial charge on any atom is 0.238 e. The summed E-state index contributed by atoms with van der Waals surface area (Å²) >= 11 is 0. The van der Waals surface area contributed by atoms with E-state index in [2.05, 4.69) is 44.9 Å². The van der Waals surface area contributed by atoms with Crippen molar-refractivity contribution in [3.05, 3.63) is 36.0 Å². The van der Waals surface area contributed by atoms with Gasteiger partial charge in [-0.15, -0.1) is 0 Å². The lowest BCUT2D eigenvalue weighted by Gasteiger charge is -2.32. The molecule has 0 bridgehead atoms. The van der Waals surface area contributed by atoms with E-state index in [-0.39, 0.29) is 11.9 Å². The van der Waals surface area contributed by atoms with E-state index in [1.54, 1.807) is 7.05 Å². The smallest absolute Gasteiger partial charge is 0.238 e. The molecule has 21 heavy (non-hydrogen) atoms. The fourth-order valence-corrected chi connectivity index (χ4v) is 2.98. The summed E-state index contributed by atoms with van der Waals surface area (Å²) in [6, 6.07) is 8.29. The molecule has 2 heterocycles. The van der Waals surface area contributed by atoms with Crippen molar-refractivity contribution in [2.45, 2.75) is 12.5 Å². The molecule has 1 unspecified atom stereocenters. The molecule has 1 aliphatic heterocycles. The van der Waals surface area contributed by atoms with E-state index in [0.29, 0.717) is 0 Å². The topological polar surface area (TPSA) is 60.2 Å². The minimum absolute atomic E-state index is 0.0757. The largest absolute Gasteiger partial charge is 0.361 e. The molecule has 1 saturated heterocycles. The number of fused-ring (bicyclic) bond motifs is 1. The monoisotopic (exact) mass is 286 g/mol. The number of rotatable bonds is 4. The summed E-state index contributed by atoms with van der Waals surface area (Å²) in [6.07, 6.45) is 3.10. The van der Waals surface area contributed by atoms with Crippen molar-refractivity contribution in [3.63, 3.8) is 0 Å². The highest BCUT2D eigenvalue weighted by molar-refractivity contribution is 5.83. The van der Waals surface area contributed by atoms with Gasteiger partial charge in [0.15, 0.2) is 0 Å². The van der Waals surface area contributed by atoms with E-state index in [1.165, 1.54) is 16.5 Å². The van der Waals surface area contributed by atoms with Gasteiger partial charge in [0.05, 0.1) is 6.04 Å². The molecule has 1 atom stereocenters. The summed E-state index contributed by atoms with van der Waals surface area (Å²) in [6.45, 7) is 3.63. The second kappa shape index (κ2) is 6.28. The van der Waals surface area contributed by atoms with Crippen molar-refractivity contribution in [1.29, 1.82) is 0 Å². The van der Waals surface area contributed by atoms with Crippen LogP contribution in [-0.2, 0) is 11.2 Å². The molecular weight excluding hydrogens is 264 g/mol. The highest BCUT2D eigenvalue weighted by Crippen LogP contribution is 2.18. The number of piperazine rings is 1. The number of hydrogen-bond donors (Lipinski definition) is 3. The van der Waals surface area contributed by atoms with Crippen LogP contribution < -0.4 is 10.6 Å². The molecule has 1 aromatic heterocycles. The summed E-state index contributed by atoms with van der Waals surface area (Å²) in [4.78, 5) is 17.4. The van der Waals surface area contributed by atoms with Crippen LogP contribution in [0.5, 0.6) is 0 Å². The van der Waals surface area contributed by atoms with Crippen molar-refractivity contribution in [2.24, 2.45) is 0 Å². The summed E-state index contributed by atoms with van der Waals surface area (Å²) in [5.41, 5.74) is 2.54. The van der Waals surface area contributed by atoms with Crippen LogP contribution in [0.15, 0.2) is 30.5 Å². The number of H-pyrrole nitrogens is 1. The molecule has 0 radical (unpaired) electrons. The van der Waals surface area contributed by atoms with Gasteiger partial charge in [0.25, 0.3) is 0 Å². The first-order valence-corrected chi connectivity index (χ1v) is 7.50. The van der Waals surface area contributed by atoms with E-state index in [1.807, 2.05) is 6.07 Å². The average Bonchev–Trinajstić information content (AvgIpc) is 2.95. The molecule has 0 aliphatic carbocycles. The molecule has 3 N–H and O–H groups in total. The third-order valence-corrected chi connectivity index (χ3v) is 4.19. The first kappa shape index (κ1) is 14.1. The number of nitrogens with one attached hydrogen (secondary N) is 3. The van der Waals surface area contributed by atoms with Crippen molar-refractivity contribution in [1.82, 2.24) is 20.5 Å². The van der Waals surface area contributed by atoms with Gasteiger partial charge in [0.2, 0.25) is 5.91 Å². The Morgan fingerprint density at radius 3 is 3.14 bits per heavy atom. The maximum atomic E-state index is 11.7. The van der Waals surface area contributed by atoms with Crippen LogP contribution in [0, 0.1) is 0 Å². The van der Waals surface area contributed by atoms with Gasteiger partial charge in [0.1, 0.15) is 0 Å². The quantitative estimate of drug-likeness (QED) is 0.776. The number of amides is 1. The molecule has 3 rings (SSSR count). The average molecular weight is 286 g/mol. The fourth-order valence-electron chi connectivity index (χ4n) is 2.98. The number of hydrogen-bond acceptors (Lipinski definition) is 3. The number of nitrogens with zero attached hydrogens (tertiary/aromatic N) is 1. The Morgan fingerprint density at radius 1 is 1.43 bits per heavy atom. The zero-order valence-corrected chi connectivity index (χ0v) is 12.4. The standard InChI is InChI=1S/C16H22N4O/c1-17-16(21)15-11-20(9-7-18-15)8-6-12-10-19-14-5-3-2-4-13(12)14/h2-5,10,15,18-19H,6-9,11H2,1H3,(H,17,21). The van der Waals surface area contributed by atoms with Crippen molar-refractivity contribution in [3.8, 4) is 0 Å². The number of para-hydroxylation sites is 1. The fraction of sp³-hybridized carbons (Fsp3) is 0.438. The second-order valence-corrected chi connectivity index (χ2v) is 5.53. The molecule has 5 nitrogen and oxygen atoms in total. The third-order valence-electron chi connectivity index (χ3n) is 4.19. The Kier molecular flexibility index (Phi) is 4.22. The molecule has 2 aromatic rings. The molecule has 1 aromatic carbocycles. The third kappa shape index (κ3) is 3.09. The van der Waals surface area contributed by atoms with E-state index in [9.17, 15) is 4.79 Å². The predicted octanol–water partition coefficient (Wildman–Crippen LogP) is 0.730. The van der Waals surface area contributed by atoms with Gasteiger partial charge in [-0.25, -0.2) is 0 Å². The van der Waals surface area contributed by atoms with E-state index < -0.39 is 0 Å². The highest BCUT2D eigenvalue weighted by Gasteiger charge is 2.24. The van der Waals surface area contributed by atoms with Gasteiger partial charge < -0.3 is 15.6 Å². The van der Waals surface area contributed by atoms with Gasteiger partial charge in [-0.1, -0.05) is 18.2 Å². The van der Waals surface area contributed by atoms with E-state index >= 15 is 0 Å². The molecule has 0 spiro atoms. The minimum Gasteiger partial charge on any atom is -0.361 e. The van der Waals surface area contributed by atoms with Crippen LogP contribution in [0.4, 0.5) is 0 Å². The predicted molar refractivity (Wildman–Crippen MR) is 84.3 cm³/mol. The number of aromatic amines is 1. The zero-order valence-electron chi connectivity index (χ0n) is 12.4. The van der Waals surface area contributed by atoms with Gasteiger partial charge in [-0.3, -0.25) is 9.69 Å². The molecule has 0 saturated carbocycles. The van der Waals surface area contributed by atoms with Crippen LogP contribution in [0.1, 0.15) is 5.56 Å². The highest BCUT2D eigenvalue weighted by atomic mass is 16.2. The molecule has 1 fully saturated rings. The lowest BCUT2D eigenvalue weighted by Crippen LogP contribution is -2.56. The van der Waals surface area contributed by atoms with Crippen molar-refractivity contribution >= 4 is 16.8 Å². The van der Waals surface area contributed by atoms with E-state index in [4.69, 9.17) is 0 Å². The molecule has 1 amide bonds. The molecule has 1 aliphatic rings. The molecule has 5 heteroatoms. The van der Waals surface area contributed by atoms with Crippen molar-refractivity contribution < 1.29 is 4.79 Å². The van der Waals surface area contributed by atoms with Crippen LogP contribution in [0.2, 0.25) is 0 Å². The maximum absolute atomic E-state index is 11.7. The first-order chi connectivity index (χ1) is 10.3. The van der Waals surface area contributed by atoms with Gasteiger partial charge in [-0.05, 0) is 18.1 Å². The first-order valence-electron chi connectivity index (χ1n) is 7.50. The number of benzene rings is 1. The Hall–Kier alpha value is -1.85. The summed E-state index contributed by atoms with van der Waals surface area (Å²) in [5, 5.41) is 7.28. The number of aromatic nitrogens is 1. The molecule has 112 valence electrons. The number of carbonyl (C=O) groups excluding carboxylic acids is 1. The minimum atomic E-state index is -0.0910. The van der Waals surface area contributed by atoms with Crippen LogP contribution in [0.3, 0.4) is 0 Å². The van der Waals surface area contributed by atoms with Gasteiger partial charge in [-0.2, -0.15) is 0 Å². The Bertz CT molecular complexity index is 622. The number of carbonyl (C=O) groups is 1. The van der Waals surface area contributed by atoms with Crippen LogP contribution >= 0.6 is 0 Å². The lowest BCUT2D eigenvalue weighted by molar-refractivity contribution is -0.123. The molecular formula is C16H22N4O. The summed E-state index contributed by atoms with van der Waals surface area (Å²) < 4.78 is 0. The van der Waals surface area contributed by atoms with Gasteiger partial charge >= 0.3 is 0 Å². The lowest BCUT2D eigenvalue weighted by atomic mass is 10.1. The Balaban J connectivity index is 1.61. The zero-order chi connectivity index (χ0) is 14.7. The van der Waals surface area contributed by atoms with Crippen molar-refractivity contribution in [2.75, 3.05) is 33.2 Å². The summed E-state index contributed by atoms with van der Waals surface area (Å²) in [5.74, 6) is 0.0757. The number of likely N-dealkylation sites (N-methyl/N-ethyl adjacent to an activating group) is 1. The summed E-state index contributed by atoms with van der Waals surface area (Å²) in [7, 11) is 1.69. The van der Waals surface area contributed by atoms with E-state index in [0.717, 1.165) is 32.6 Å².